The van der Waals surface area contributed by atoms with Gasteiger partial charge in [0.2, 0.25) is 0 Å². The van der Waals surface area contributed by atoms with Gasteiger partial charge in [-0.1, -0.05) is 60.7 Å². The highest BCUT2D eigenvalue weighted by molar-refractivity contribution is 6.07. The number of aryl methyl sites for hydroxylation is 1. The number of hydrogen-bond donors (Lipinski definition) is 2. The third-order valence-electron chi connectivity index (χ3n) is 4.04. The largest absolute Gasteiger partial charge is 0.387 e. The topological polar surface area (TPSA) is 49.3 Å². The Morgan fingerprint density at radius 1 is 1.00 bits per heavy atom. The summed E-state index contributed by atoms with van der Waals surface area (Å²) in [7, 11) is 0. The molecule has 0 bridgehead atoms. The van der Waals surface area contributed by atoms with Crippen LogP contribution >= 0.6 is 0 Å². The number of hydrogen-bond acceptors (Lipinski definition) is 2. The Kier molecular flexibility index (Phi) is 4.40. The van der Waals surface area contributed by atoms with Crippen molar-refractivity contribution in [3.63, 3.8) is 0 Å². The summed E-state index contributed by atoms with van der Waals surface area (Å²) in [4.78, 5) is 12.5. The minimum atomic E-state index is -0.713. The third-order valence-corrected chi connectivity index (χ3v) is 4.04. The molecule has 3 nitrogen and oxygen atoms in total. The first-order chi connectivity index (χ1) is 11.2. The highest BCUT2D eigenvalue weighted by Gasteiger charge is 2.14. The van der Waals surface area contributed by atoms with E-state index in [1.165, 1.54) is 0 Å². The molecule has 3 rings (SSSR count). The molecule has 0 saturated heterocycles. The van der Waals surface area contributed by atoms with Crippen LogP contribution < -0.4 is 5.32 Å². The van der Waals surface area contributed by atoms with Crippen molar-refractivity contribution < 1.29 is 9.90 Å². The fraction of sp³-hybridized carbons (Fsp3) is 0.150. The van der Waals surface area contributed by atoms with Gasteiger partial charge in [-0.3, -0.25) is 4.79 Å². The molecule has 1 atom stereocenters. The van der Waals surface area contributed by atoms with Gasteiger partial charge in [-0.15, -0.1) is 0 Å². The van der Waals surface area contributed by atoms with Gasteiger partial charge in [-0.25, -0.2) is 0 Å². The highest BCUT2D eigenvalue weighted by atomic mass is 16.3. The number of aliphatic hydroxyl groups excluding tert-OH is 1. The number of nitrogens with one attached hydrogen (secondary N) is 1. The van der Waals surface area contributed by atoms with Gasteiger partial charge in [-0.2, -0.15) is 0 Å². The molecule has 2 N–H and O–H groups in total. The molecule has 1 unspecified atom stereocenters. The molecule has 116 valence electrons. The highest BCUT2D eigenvalue weighted by Crippen LogP contribution is 2.19. The first-order valence-corrected chi connectivity index (χ1v) is 7.66. The molecule has 23 heavy (non-hydrogen) atoms. The lowest BCUT2D eigenvalue weighted by Crippen LogP contribution is -2.28. The molecule has 0 spiro atoms. The Labute approximate surface area is 135 Å². The average Bonchev–Trinajstić information content (AvgIpc) is 2.59. The molecule has 3 aromatic rings. The maximum Gasteiger partial charge on any atom is 0.252 e. The molecule has 0 radical (unpaired) electrons. The zero-order chi connectivity index (χ0) is 16.2. The quantitative estimate of drug-likeness (QED) is 0.773. The van der Waals surface area contributed by atoms with Crippen molar-refractivity contribution in [2.75, 3.05) is 6.54 Å². The van der Waals surface area contributed by atoms with E-state index < -0.39 is 6.10 Å². The smallest absolute Gasteiger partial charge is 0.252 e. The average molecular weight is 305 g/mol. The van der Waals surface area contributed by atoms with Crippen LogP contribution in [0.3, 0.4) is 0 Å². The number of fused-ring (bicyclic) bond motifs is 1. The van der Waals surface area contributed by atoms with E-state index in [0.29, 0.717) is 5.56 Å². The van der Waals surface area contributed by atoms with Crippen molar-refractivity contribution in [3.8, 4) is 0 Å². The number of benzene rings is 3. The van der Waals surface area contributed by atoms with Crippen LogP contribution in [0.25, 0.3) is 10.8 Å². The number of carbonyl (C=O) groups excluding carboxylic acids is 1. The van der Waals surface area contributed by atoms with Crippen LogP contribution in [0.15, 0.2) is 66.7 Å². The minimum Gasteiger partial charge on any atom is -0.387 e. The predicted molar refractivity (Wildman–Crippen MR) is 92.4 cm³/mol. The summed E-state index contributed by atoms with van der Waals surface area (Å²) in [5.41, 5.74) is 2.48. The summed E-state index contributed by atoms with van der Waals surface area (Å²) in [6.45, 7) is 2.14. The molecule has 0 aromatic heterocycles. The van der Waals surface area contributed by atoms with Gasteiger partial charge in [0.05, 0.1) is 6.10 Å². The van der Waals surface area contributed by atoms with E-state index >= 15 is 0 Å². The van der Waals surface area contributed by atoms with Gasteiger partial charge in [0, 0.05) is 12.1 Å². The molecular formula is C20H19NO2. The van der Waals surface area contributed by atoms with Gasteiger partial charge in [-0.05, 0) is 34.9 Å². The molecule has 3 heteroatoms. The normalized spacial score (nSPS) is 12.1. The second kappa shape index (κ2) is 6.63. The van der Waals surface area contributed by atoms with Crippen LogP contribution in [0.2, 0.25) is 0 Å². The standard InChI is InChI=1S/C20H19NO2/c1-14-7-2-4-10-16(14)19(22)13-21-20(23)18-12-6-9-15-8-3-5-11-17(15)18/h2-12,19,22H,13H2,1H3,(H,21,23). The number of carbonyl (C=O) groups is 1. The van der Waals surface area contributed by atoms with Crippen LogP contribution in [-0.4, -0.2) is 17.6 Å². The van der Waals surface area contributed by atoms with Gasteiger partial charge >= 0.3 is 0 Å². The number of amides is 1. The van der Waals surface area contributed by atoms with Gasteiger partial charge < -0.3 is 10.4 Å². The molecule has 1 amide bonds. The first kappa shape index (κ1) is 15.3. The Morgan fingerprint density at radius 3 is 2.52 bits per heavy atom. The summed E-state index contributed by atoms with van der Waals surface area (Å²) in [5, 5.41) is 15.1. The fourth-order valence-electron chi connectivity index (χ4n) is 2.78. The van der Waals surface area contributed by atoms with E-state index in [9.17, 15) is 9.90 Å². The lowest BCUT2D eigenvalue weighted by atomic mass is 10.0. The zero-order valence-corrected chi connectivity index (χ0v) is 13.0. The van der Waals surface area contributed by atoms with Crippen molar-refractivity contribution in [1.29, 1.82) is 0 Å². The SMILES string of the molecule is Cc1ccccc1C(O)CNC(=O)c1cccc2ccccc12. The molecule has 0 aliphatic carbocycles. The maximum absolute atomic E-state index is 12.5. The first-order valence-electron chi connectivity index (χ1n) is 7.66. The van der Waals surface area contributed by atoms with E-state index in [1.807, 2.05) is 67.6 Å². The van der Waals surface area contributed by atoms with Crippen molar-refractivity contribution in [3.05, 3.63) is 83.4 Å². The Bertz CT molecular complexity index is 836. The second-order valence-electron chi connectivity index (χ2n) is 5.61. The molecule has 0 aliphatic rings. The summed E-state index contributed by atoms with van der Waals surface area (Å²) < 4.78 is 0. The van der Waals surface area contributed by atoms with Crippen molar-refractivity contribution in [2.45, 2.75) is 13.0 Å². The zero-order valence-electron chi connectivity index (χ0n) is 13.0. The predicted octanol–water partition coefficient (Wildman–Crippen LogP) is 3.61. The Morgan fingerprint density at radius 2 is 1.70 bits per heavy atom. The van der Waals surface area contributed by atoms with Crippen molar-refractivity contribution in [2.24, 2.45) is 0 Å². The maximum atomic E-state index is 12.5. The van der Waals surface area contributed by atoms with Gasteiger partial charge in [0.15, 0.2) is 0 Å². The number of aliphatic hydroxyl groups is 1. The monoisotopic (exact) mass is 305 g/mol. The summed E-state index contributed by atoms with van der Waals surface area (Å²) in [6, 6.07) is 21.1. The van der Waals surface area contributed by atoms with Crippen LogP contribution in [0.1, 0.15) is 27.6 Å². The third kappa shape index (κ3) is 3.25. The van der Waals surface area contributed by atoms with Crippen LogP contribution in [-0.2, 0) is 0 Å². The molecular weight excluding hydrogens is 286 g/mol. The van der Waals surface area contributed by atoms with Crippen LogP contribution in [0, 0.1) is 6.92 Å². The second-order valence-corrected chi connectivity index (χ2v) is 5.61. The molecule has 0 saturated carbocycles. The lowest BCUT2D eigenvalue weighted by molar-refractivity contribution is 0.0917. The Hall–Kier alpha value is -2.65. The van der Waals surface area contributed by atoms with Gasteiger partial charge in [0.25, 0.3) is 5.91 Å². The Balaban J connectivity index is 1.75. The molecule has 3 aromatic carbocycles. The van der Waals surface area contributed by atoms with E-state index in [0.717, 1.165) is 21.9 Å². The van der Waals surface area contributed by atoms with Crippen molar-refractivity contribution in [1.82, 2.24) is 5.32 Å². The van der Waals surface area contributed by atoms with Gasteiger partial charge in [0.1, 0.15) is 0 Å². The van der Waals surface area contributed by atoms with Crippen LogP contribution in [0.5, 0.6) is 0 Å². The van der Waals surface area contributed by atoms with Crippen LogP contribution in [0.4, 0.5) is 0 Å². The lowest BCUT2D eigenvalue weighted by Gasteiger charge is -2.15. The van der Waals surface area contributed by atoms with Crippen molar-refractivity contribution >= 4 is 16.7 Å². The fourth-order valence-corrected chi connectivity index (χ4v) is 2.78. The minimum absolute atomic E-state index is 0.172. The summed E-state index contributed by atoms with van der Waals surface area (Å²) in [5.74, 6) is -0.172. The summed E-state index contributed by atoms with van der Waals surface area (Å²) in [6.07, 6.45) is -0.713. The summed E-state index contributed by atoms with van der Waals surface area (Å²) >= 11 is 0. The molecule has 0 fully saturated rings. The van der Waals surface area contributed by atoms with E-state index in [4.69, 9.17) is 0 Å². The van der Waals surface area contributed by atoms with E-state index in [-0.39, 0.29) is 12.5 Å². The van der Waals surface area contributed by atoms with E-state index in [2.05, 4.69) is 5.32 Å². The number of rotatable bonds is 4. The molecule has 0 heterocycles. The molecule has 0 aliphatic heterocycles. The van der Waals surface area contributed by atoms with E-state index in [1.54, 1.807) is 6.07 Å².